The van der Waals surface area contributed by atoms with Crippen molar-refractivity contribution in [2.45, 2.75) is 12.5 Å². The number of fused-ring (bicyclic) bond motifs is 1. The third kappa shape index (κ3) is 3.27. The second-order valence-electron chi connectivity index (χ2n) is 6.95. The lowest BCUT2D eigenvalue weighted by atomic mass is 9.97. The Morgan fingerprint density at radius 3 is 2.28 bits per heavy atom. The highest BCUT2D eigenvalue weighted by molar-refractivity contribution is 6.05. The molecule has 4 aromatic rings. The number of benzene rings is 3. The number of aromatic nitrogens is 2. The molecule has 140 valence electrons. The highest BCUT2D eigenvalue weighted by Gasteiger charge is 2.33. The van der Waals surface area contributed by atoms with E-state index in [1.807, 2.05) is 78.9 Å². The molecule has 29 heavy (non-hydrogen) atoms. The van der Waals surface area contributed by atoms with Crippen LogP contribution in [0.4, 0.5) is 0 Å². The predicted octanol–water partition coefficient (Wildman–Crippen LogP) is 4.62. The van der Waals surface area contributed by atoms with Gasteiger partial charge in [0.15, 0.2) is 0 Å². The summed E-state index contributed by atoms with van der Waals surface area (Å²) in [7, 11) is 0. The van der Waals surface area contributed by atoms with Crippen LogP contribution in [-0.4, -0.2) is 26.6 Å². The summed E-state index contributed by atoms with van der Waals surface area (Å²) in [6.07, 6.45) is 4.01. The number of hydrazone groups is 1. The summed E-state index contributed by atoms with van der Waals surface area (Å²) in [4.78, 5) is 22.0. The molecule has 5 rings (SSSR count). The van der Waals surface area contributed by atoms with E-state index in [1.54, 1.807) is 17.4 Å². The first kappa shape index (κ1) is 17.3. The van der Waals surface area contributed by atoms with Crippen molar-refractivity contribution in [1.82, 2.24) is 15.0 Å². The molecule has 1 aromatic heterocycles. The molecule has 1 amide bonds. The van der Waals surface area contributed by atoms with Crippen LogP contribution in [0.25, 0.3) is 11.0 Å². The number of carbonyl (C=O) groups is 1. The van der Waals surface area contributed by atoms with Gasteiger partial charge in [-0.15, -0.1) is 0 Å². The van der Waals surface area contributed by atoms with Gasteiger partial charge in [-0.1, -0.05) is 54.6 Å². The van der Waals surface area contributed by atoms with E-state index < -0.39 is 0 Å². The molecule has 0 aliphatic carbocycles. The lowest BCUT2D eigenvalue weighted by molar-refractivity contribution is 0.0711. The van der Waals surface area contributed by atoms with E-state index >= 15 is 0 Å². The molecule has 2 heterocycles. The van der Waals surface area contributed by atoms with Crippen LogP contribution in [0.2, 0.25) is 0 Å². The minimum absolute atomic E-state index is 0.110. The van der Waals surface area contributed by atoms with Gasteiger partial charge in [-0.3, -0.25) is 14.8 Å². The van der Waals surface area contributed by atoms with Crippen LogP contribution in [-0.2, 0) is 0 Å². The standard InChI is InChI=1S/C24H18N4O/c29-24(18-9-5-2-6-10-18)28-23(16-21(27-28)17-7-3-1-4-8-17)19-11-12-20-22(15-19)26-14-13-25-20/h1-15,23H,16H2/t23-/m0/s1. The summed E-state index contributed by atoms with van der Waals surface area (Å²) in [5.41, 5.74) is 5.19. The van der Waals surface area contributed by atoms with E-state index in [4.69, 9.17) is 5.10 Å². The van der Waals surface area contributed by atoms with E-state index in [2.05, 4.69) is 9.97 Å². The number of amides is 1. The molecule has 5 nitrogen and oxygen atoms in total. The fourth-order valence-corrected chi connectivity index (χ4v) is 3.66. The second-order valence-corrected chi connectivity index (χ2v) is 6.95. The number of nitrogens with zero attached hydrogens (tertiary/aromatic N) is 4. The topological polar surface area (TPSA) is 58.5 Å². The summed E-state index contributed by atoms with van der Waals surface area (Å²) < 4.78 is 0. The number of rotatable bonds is 3. The zero-order valence-electron chi connectivity index (χ0n) is 15.6. The molecule has 0 unspecified atom stereocenters. The summed E-state index contributed by atoms with van der Waals surface area (Å²) in [6, 6.07) is 25.0. The Hall–Kier alpha value is -3.86. The maximum absolute atomic E-state index is 13.3. The van der Waals surface area contributed by atoms with Gasteiger partial charge in [-0.2, -0.15) is 5.10 Å². The highest BCUT2D eigenvalue weighted by Crippen LogP contribution is 2.34. The van der Waals surface area contributed by atoms with Gasteiger partial charge in [0.05, 0.1) is 22.8 Å². The van der Waals surface area contributed by atoms with Crippen molar-refractivity contribution in [2.75, 3.05) is 0 Å². The van der Waals surface area contributed by atoms with E-state index in [0.717, 1.165) is 27.9 Å². The summed E-state index contributed by atoms with van der Waals surface area (Å²) in [5, 5.41) is 6.34. The zero-order chi connectivity index (χ0) is 19.6. The first-order valence-corrected chi connectivity index (χ1v) is 9.52. The Balaban J connectivity index is 1.57. The van der Waals surface area contributed by atoms with Gasteiger partial charge < -0.3 is 0 Å². The van der Waals surface area contributed by atoms with Crippen LogP contribution in [0.3, 0.4) is 0 Å². The Labute approximate surface area is 168 Å². The Bertz CT molecular complexity index is 1210. The molecule has 0 fully saturated rings. The molecule has 0 saturated carbocycles. The molecule has 0 N–H and O–H groups in total. The van der Waals surface area contributed by atoms with Crippen molar-refractivity contribution in [3.8, 4) is 0 Å². The Morgan fingerprint density at radius 2 is 1.52 bits per heavy atom. The number of hydrogen-bond donors (Lipinski definition) is 0. The van der Waals surface area contributed by atoms with Crippen molar-refractivity contribution < 1.29 is 4.79 Å². The molecule has 1 atom stereocenters. The summed E-state index contributed by atoms with van der Waals surface area (Å²) >= 11 is 0. The van der Waals surface area contributed by atoms with Crippen LogP contribution in [0.15, 0.2) is 96.4 Å². The van der Waals surface area contributed by atoms with E-state index in [9.17, 15) is 4.79 Å². The second kappa shape index (κ2) is 7.28. The average molecular weight is 378 g/mol. The van der Waals surface area contributed by atoms with Gasteiger partial charge in [0.1, 0.15) is 0 Å². The fraction of sp³-hybridized carbons (Fsp3) is 0.0833. The summed E-state index contributed by atoms with van der Waals surface area (Å²) in [6.45, 7) is 0. The van der Waals surface area contributed by atoms with Crippen LogP contribution < -0.4 is 0 Å². The van der Waals surface area contributed by atoms with Crippen LogP contribution >= 0.6 is 0 Å². The van der Waals surface area contributed by atoms with Gasteiger partial charge in [0.25, 0.3) is 5.91 Å². The third-order valence-electron chi connectivity index (χ3n) is 5.12. The van der Waals surface area contributed by atoms with Gasteiger partial charge in [0.2, 0.25) is 0 Å². The monoisotopic (exact) mass is 378 g/mol. The molecule has 0 bridgehead atoms. The SMILES string of the molecule is O=C(c1ccccc1)N1N=C(c2ccccc2)C[C@H]1c1ccc2nccnc2c1. The zero-order valence-corrected chi connectivity index (χ0v) is 15.6. The van der Waals surface area contributed by atoms with Gasteiger partial charge in [-0.25, -0.2) is 5.01 Å². The number of carbonyl (C=O) groups excluding carboxylic acids is 1. The molecular formula is C24H18N4O. The minimum Gasteiger partial charge on any atom is -0.267 e. The van der Waals surface area contributed by atoms with Crippen molar-refractivity contribution in [3.63, 3.8) is 0 Å². The van der Waals surface area contributed by atoms with E-state index in [0.29, 0.717) is 12.0 Å². The highest BCUT2D eigenvalue weighted by atomic mass is 16.2. The summed E-state index contributed by atoms with van der Waals surface area (Å²) in [5.74, 6) is -0.110. The third-order valence-corrected chi connectivity index (χ3v) is 5.12. The molecule has 0 spiro atoms. The van der Waals surface area contributed by atoms with E-state index in [-0.39, 0.29) is 11.9 Å². The smallest absolute Gasteiger partial charge is 0.267 e. The van der Waals surface area contributed by atoms with Gasteiger partial charge in [0, 0.05) is 24.4 Å². The molecular weight excluding hydrogens is 360 g/mol. The maximum Gasteiger partial charge on any atom is 0.274 e. The van der Waals surface area contributed by atoms with Crippen molar-refractivity contribution in [3.05, 3.63) is 108 Å². The van der Waals surface area contributed by atoms with Crippen molar-refractivity contribution in [1.29, 1.82) is 0 Å². The first-order chi connectivity index (χ1) is 14.3. The Morgan fingerprint density at radius 1 is 0.828 bits per heavy atom. The fourth-order valence-electron chi connectivity index (χ4n) is 3.66. The predicted molar refractivity (Wildman–Crippen MR) is 112 cm³/mol. The van der Waals surface area contributed by atoms with E-state index in [1.165, 1.54) is 0 Å². The van der Waals surface area contributed by atoms with Gasteiger partial charge >= 0.3 is 0 Å². The van der Waals surface area contributed by atoms with Gasteiger partial charge in [-0.05, 0) is 35.4 Å². The van der Waals surface area contributed by atoms with Crippen LogP contribution in [0, 0.1) is 0 Å². The van der Waals surface area contributed by atoms with Crippen molar-refractivity contribution in [2.24, 2.45) is 5.10 Å². The molecule has 1 aliphatic rings. The largest absolute Gasteiger partial charge is 0.274 e. The molecule has 0 radical (unpaired) electrons. The number of hydrogen-bond acceptors (Lipinski definition) is 4. The normalized spacial score (nSPS) is 16.1. The lowest BCUT2D eigenvalue weighted by Gasteiger charge is -2.22. The Kier molecular flexibility index (Phi) is 4.33. The molecule has 5 heteroatoms. The lowest BCUT2D eigenvalue weighted by Crippen LogP contribution is -2.27. The quantitative estimate of drug-likeness (QED) is 0.523. The minimum atomic E-state index is -0.190. The first-order valence-electron chi connectivity index (χ1n) is 9.52. The molecule has 1 aliphatic heterocycles. The maximum atomic E-state index is 13.3. The average Bonchev–Trinajstić information content (AvgIpc) is 3.25. The van der Waals surface area contributed by atoms with Crippen molar-refractivity contribution >= 4 is 22.7 Å². The van der Waals surface area contributed by atoms with Crippen LogP contribution in [0.1, 0.15) is 33.9 Å². The molecule has 0 saturated heterocycles. The van der Waals surface area contributed by atoms with Crippen LogP contribution in [0.5, 0.6) is 0 Å². The molecule has 3 aromatic carbocycles.